The highest BCUT2D eigenvalue weighted by molar-refractivity contribution is 5.62. The minimum Gasteiger partial charge on any atom is -0.377 e. The van der Waals surface area contributed by atoms with Gasteiger partial charge >= 0.3 is 0 Å². The molecule has 1 saturated heterocycles. The summed E-state index contributed by atoms with van der Waals surface area (Å²) in [7, 11) is 0. The van der Waals surface area contributed by atoms with E-state index >= 15 is 0 Å². The Kier molecular flexibility index (Phi) is 5.56. The van der Waals surface area contributed by atoms with Crippen LogP contribution in [0.5, 0.6) is 0 Å². The number of anilines is 1. The van der Waals surface area contributed by atoms with Crippen molar-refractivity contribution in [3.63, 3.8) is 0 Å². The lowest BCUT2D eigenvalue weighted by atomic mass is 10.0. The lowest BCUT2D eigenvalue weighted by Gasteiger charge is -2.22. The molecule has 0 aliphatic carbocycles. The molecular weight excluding hydrogens is 266 g/mol. The van der Waals surface area contributed by atoms with Gasteiger partial charge in [0.05, 0.1) is 4.92 Å². The molecule has 1 aromatic carbocycles. The molecule has 0 amide bonds. The number of nitro groups is 1. The molecule has 21 heavy (non-hydrogen) atoms. The molecule has 0 spiro atoms. The summed E-state index contributed by atoms with van der Waals surface area (Å²) in [6.07, 6.45) is 6.01. The van der Waals surface area contributed by atoms with E-state index in [1.165, 1.54) is 25.7 Å². The number of aryl methyl sites for hydroxylation is 1. The Morgan fingerprint density at radius 2 is 2.24 bits per heavy atom. The molecule has 5 nitrogen and oxygen atoms in total. The smallest absolute Gasteiger partial charge is 0.292 e. The summed E-state index contributed by atoms with van der Waals surface area (Å²) in [5.74, 6) is 0. The fourth-order valence-corrected chi connectivity index (χ4v) is 2.97. The standard InChI is InChI=1S/C16H25N3O2/c1-12-7-8-15(16(10-12)19(20)21)18-13(2)11-14-6-4-3-5-9-17-14/h7-8,10,13-14,17-18H,3-6,9,11H2,1-2H3. The Bertz CT molecular complexity index is 482. The minimum atomic E-state index is -0.314. The third kappa shape index (κ3) is 4.70. The van der Waals surface area contributed by atoms with Crippen LogP contribution in [0.15, 0.2) is 18.2 Å². The normalized spacial score (nSPS) is 20.6. The largest absolute Gasteiger partial charge is 0.377 e. The molecule has 0 saturated carbocycles. The topological polar surface area (TPSA) is 67.2 Å². The third-order valence-corrected chi connectivity index (χ3v) is 4.05. The van der Waals surface area contributed by atoms with Crippen LogP contribution in [-0.2, 0) is 0 Å². The zero-order valence-electron chi connectivity index (χ0n) is 12.9. The molecule has 2 unspecified atom stereocenters. The number of nitrogens with zero attached hydrogens (tertiary/aromatic N) is 1. The molecule has 0 radical (unpaired) electrons. The van der Waals surface area contributed by atoms with Gasteiger partial charge in [0.2, 0.25) is 0 Å². The molecule has 1 aliphatic heterocycles. The molecular formula is C16H25N3O2. The van der Waals surface area contributed by atoms with Crippen molar-refractivity contribution >= 4 is 11.4 Å². The maximum absolute atomic E-state index is 11.1. The molecule has 1 heterocycles. The molecule has 2 atom stereocenters. The van der Waals surface area contributed by atoms with Crippen LogP contribution >= 0.6 is 0 Å². The highest BCUT2D eigenvalue weighted by Gasteiger charge is 2.18. The van der Waals surface area contributed by atoms with E-state index in [0.29, 0.717) is 11.7 Å². The second-order valence-electron chi connectivity index (χ2n) is 6.06. The zero-order valence-corrected chi connectivity index (χ0v) is 12.9. The van der Waals surface area contributed by atoms with Gasteiger partial charge in [-0.05, 0) is 51.3 Å². The van der Waals surface area contributed by atoms with Crippen LogP contribution in [-0.4, -0.2) is 23.6 Å². The van der Waals surface area contributed by atoms with Crippen molar-refractivity contribution in [2.45, 2.75) is 58.0 Å². The van der Waals surface area contributed by atoms with Crippen molar-refractivity contribution in [1.29, 1.82) is 0 Å². The predicted octanol–water partition coefficient (Wildman–Crippen LogP) is 3.63. The van der Waals surface area contributed by atoms with Gasteiger partial charge in [0, 0.05) is 18.2 Å². The summed E-state index contributed by atoms with van der Waals surface area (Å²) in [5.41, 5.74) is 1.69. The number of benzene rings is 1. The Morgan fingerprint density at radius 3 is 3.00 bits per heavy atom. The molecule has 2 rings (SSSR count). The van der Waals surface area contributed by atoms with Crippen LogP contribution in [0.2, 0.25) is 0 Å². The lowest BCUT2D eigenvalue weighted by Crippen LogP contribution is -2.33. The van der Waals surface area contributed by atoms with Crippen LogP contribution < -0.4 is 10.6 Å². The number of nitro benzene ring substituents is 1. The molecule has 0 bridgehead atoms. The molecule has 1 aromatic rings. The summed E-state index contributed by atoms with van der Waals surface area (Å²) in [5, 5.41) is 18.0. The van der Waals surface area contributed by atoms with Crippen molar-refractivity contribution in [1.82, 2.24) is 5.32 Å². The molecule has 116 valence electrons. The van der Waals surface area contributed by atoms with Gasteiger partial charge < -0.3 is 10.6 Å². The van der Waals surface area contributed by atoms with E-state index in [1.807, 2.05) is 19.1 Å². The second-order valence-corrected chi connectivity index (χ2v) is 6.06. The van der Waals surface area contributed by atoms with Crippen LogP contribution in [0.3, 0.4) is 0 Å². The quantitative estimate of drug-likeness (QED) is 0.642. The molecule has 1 fully saturated rings. The van der Waals surface area contributed by atoms with E-state index in [1.54, 1.807) is 6.07 Å². The predicted molar refractivity (Wildman–Crippen MR) is 85.8 cm³/mol. The molecule has 1 aliphatic rings. The van der Waals surface area contributed by atoms with Gasteiger partial charge in [-0.3, -0.25) is 10.1 Å². The summed E-state index contributed by atoms with van der Waals surface area (Å²) in [6, 6.07) is 6.07. The first-order valence-electron chi connectivity index (χ1n) is 7.81. The van der Waals surface area contributed by atoms with Crippen molar-refractivity contribution in [3.05, 3.63) is 33.9 Å². The van der Waals surface area contributed by atoms with E-state index < -0.39 is 0 Å². The molecule has 0 aromatic heterocycles. The highest BCUT2D eigenvalue weighted by atomic mass is 16.6. The summed E-state index contributed by atoms with van der Waals surface area (Å²) in [4.78, 5) is 10.8. The average molecular weight is 291 g/mol. The lowest BCUT2D eigenvalue weighted by molar-refractivity contribution is -0.384. The van der Waals surface area contributed by atoms with E-state index in [2.05, 4.69) is 17.6 Å². The minimum absolute atomic E-state index is 0.163. The Labute approximate surface area is 126 Å². The van der Waals surface area contributed by atoms with Gasteiger partial charge in [-0.15, -0.1) is 0 Å². The number of hydrogen-bond acceptors (Lipinski definition) is 4. The molecule has 5 heteroatoms. The summed E-state index contributed by atoms with van der Waals surface area (Å²) >= 11 is 0. The number of hydrogen-bond donors (Lipinski definition) is 2. The summed E-state index contributed by atoms with van der Waals surface area (Å²) in [6.45, 7) is 5.05. The monoisotopic (exact) mass is 291 g/mol. The molecule has 2 N–H and O–H groups in total. The Balaban J connectivity index is 1.98. The van der Waals surface area contributed by atoms with Crippen LogP contribution in [0.4, 0.5) is 11.4 Å². The SMILES string of the molecule is Cc1ccc(NC(C)CC2CCCCCN2)c([N+](=O)[O-])c1. The van der Waals surface area contributed by atoms with Crippen LogP contribution in [0.1, 0.15) is 44.6 Å². The van der Waals surface area contributed by atoms with Gasteiger partial charge in [-0.2, -0.15) is 0 Å². The Hall–Kier alpha value is -1.62. The first kappa shape index (κ1) is 15.8. The fourth-order valence-electron chi connectivity index (χ4n) is 2.97. The van der Waals surface area contributed by atoms with E-state index in [4.69, 9.17) is 0 Å². The third-order valence-electron chi connectivity index (χ3n) is 4.05. The second kappa shape index (κ2) is 7.41. The van der Waals surface area contributed by atoms with Gasteiger partial charge in [-0.25, -0.2) is 0 Å². The Morgan fingerprint density at radius 1 is 1.43 bits per heavy atom. The fraction of sp³-hybridized carbons (Fsp3) is 0.625. The van der Waals surface area contributed by atoms with Crippen molar-refractivity contribution < 1.29 is 4.92 Å². The van der Waals surface area contributed by atoms with Crippen LogP contribution in [0, 0.1) is 17.0 Å². The van der Waals surface area contributed by atoms with E-state index in [0.717, 1.165) is 18.5 Å². The van der Waals surface area contributed by atoms with Crippen molar-refractivity contribution in [2.24, 2.45) is 0 Å². The average Bonchev–Trinajstić information content (AvgIpc) is 2.69. The van der Waals surface area contributed by atoms with Gasteiger partial charge in [-0.1, -0.05) is 18.9 Å². The zero-order chi connectivity index (χ0) is 15.2. The number of nitrogens with one attached hydrogen (secondary N) is 2. The van der Waals surface area contributed by atoms with Gasteiger partial charge in [0.1, 0.15) is 5.69 Å². The van der Waals surface area contributed by atoms with Crippen molar-refractivity contribution in [2.75, 3.05) is 11.9 Å². The van der Waals surface area contributed by atoms with Crippen molar-refractivity contribution in [3.8, 4) is 0 Å². The van der Waals surface area contributed by atoms with E-state index in [9.17, 15) is 10.1 Å². The van der Waals surface area contributed by atoms with Gasteiger partial charge in [0.25, 0.3) is 5.69 Å². The van der Waals surface area contributed by atoms with Crippen LogP contribution in [0.25, 0.3) is 0 Å². The van der Waals surface area contributed by atoms with Gasteiger partial charge in [0.15, 0.2) is 0 Å². The maximum atomic E-state index is 11.1. The van der Waals surface area contributed by atoms with E-state index in [-0.39, 0.29) is 16.7 Å². The maximum Gasteiger partial charge on any atom is 0.292 e. The first-order valence-corrected chi connectivity index (χ1v) is 7.81. The first-order chi connectivity index (χ1) is 10.1. The summed E-state index contributed by atoms with van der Waals surface area (Å²) < 4.78 is 0. The number of rotatable bonds is 5. The highest BCUT2D eigenvalue weighted by Crippen LogP contribution is 2.26.